The molecule has 140 valence electrons. The van der Waals surface area contributed by atoms with Crippen LogP contribution in [0.2, 0.25) is 0 Å². The summed E-state index contributed by atoms with van der Waals surface area (Å²) < 4.78 is 10.2. The fraction of sp³-hybridized carbons (Fsp3) is 0.579. The van der Waals surface area contributed by atoms with Crippen LogP contribution in [0, 0.1) is 12.8 Å². The Morgan fingerprint density at radius 1 is 1.08 bits per heavy atom. The number of rotatable bonds is 10. The summed E-state index contributed by atoms with van der Waals surface area (Å²) in [4.78, 5) is 27.2. The summed E-state index contributed by atoms with van der Waals surface area (Å²) >= 11 is 0. The van der Waals surface area contributed by atoms with E-state index < -0.39 is 6.04 Å². The van der Waals surface area contributed by atoms with Crippen molar-refractivity contribution in [1.29, 1.82) is 0 Å². The van der Waals surface area contributed by atoms with Crippen molar-refractivity contribution in [2.75, 3.05) is 40.5 Å². The van der Waals surface area contributed by atoms with Crippen LogP contribution in [0.15, 0.2) is 24.3 Å². The molecule has 1 rings (SSSR count). The van der Waals surface area contributed by atoms with Gasteiger partial charge in [0.15, 0.2) is 0 Å². The fourth-order valence-electron chi connectivity index (χ4n) is 2.49. The number of nitrogens with one attached hydrogen (secondary N) is 1. The average Bonchev–Trinajstić information content (AvgIpc) is 2.59. The SMILES string of the molecule is COCCN(CCOC)C(=O)C(NC(=O)c1ccccc1C)C(C)C. The quantitative estimate of drug-likeness (QED) is 0.699. The Hall–Kier alpha value is -1.92. The van der Waals surface area contributed by atoms with Crippen LogP contribution < -0.4 is 5.32 Å². The van der Waals surface area contributed by atoms with E-state index in [-0.39, 0.29) is 17.7 Å². The Morgan fingerprint density at radius 2 is 1.64 bits per heavy atom. The van der Waals surface area contributed by atoms with Gasteiger partial charge in [0.2, 0.25) is 5.91 Å². The van der Waals surface area contributed by atoms with Crippen LogP contribution in [-0.4, -0.2) is 63.3 Å². The number of methoxy groups -OCH3 is 2. The van der Waals surface area contributed by atoms with Crippen molar-refractivity contribution < 1.29 is 19.1 Å². The highest BCUT2D eigenvalue weighted by atomic mass is 16.5. The molecule has 1 aromatic carbocycles. The van der Waals surface area contributed by atoms with E-state index in [9.17, 15) is 9.59 Å². The molecule has 0 fully saturated rings. The minimum Gasteiger partial charge on any atom is -0.383 e. The van der Waals surface area contributed by atoms with Crippen molar-refractivity contribution >= 4 is 11.8 Å². The molecule has 0 aliphatic rings. The first-order valence-electron chi connectivity index (χ1n) is 8.55. The molecule has 0 heterocycles. The maximum Gasteiger partial charge on any atom is 0.252 e. The molecule has 0 aliphatic heterocycles. The lowest BCUT2D eigenvalue weighted by molar-refractivity contribution is -0.135. The molecule has 2 amide bonds. The van der Waals surface area contributed by atoms with Gasteiger partial charge in [-0.1, -0.05) is 32.0 Å². The molecule has 6 nitrogen and oxygen atoms in total. The molecule has 1 N–H and O–H groups in total. The molecule has 0 spiro atoms. The molecule has 25 heavy (non-hydrogen) atoms. The third kappa shape index (κ3) is 6.48. The van der Waals surface area contributed by atoms with Crippen LogP contribution in [-0.2, 0) is 14.3 Å². The molecule has 0 saturated carbocycles. The van der Waals surface area contributed by atoms with Gasteiger partial charge >= 0.3 is 0 Å². The molecule has 0 aromatic heterocycles. The van der Waals surface area contributed by atoms with Crippen molar-refractivity contribution in [1.82, 2.24) is 10.2 Å². The van der Waals surface area contributed by atoms with Crippen molar-refractivity contribution in [3.05, 3.63) is 35.4 Å². The lowest BCUT2D eigenvalue weighted by Crippen LogP contribution is -2.52. The summed E-state index contributed by atoms with van der Waals surface area (Å²) in [5.74, 6) is -0.386. The maximum atomic E-state index is 12.9. The number of aryl methyl sites for hydroxylation is 1. The third-order valence-corrected chi connectivity index (χ3v) is 4.05. The zero-order valence-corrected chi connectivity index (χ0v) is 15.9. The van der Waals surface area contributed by atoms with E-state index in [2.05, 4.69) is 5.32 Å². The average molecular weight is 350 g/mol. The zero-order chi connectivity index (χ0) is 18.8. The smallest absolute Gasteiger partial charge is 0.252 e. The predicted molar refractivity (Wildman–Crippen MR) is 97.6 cm³/mol. The number of benzene rings is 1. The summed E-state index contributed by atoms with van der Waals surface area (Å²) in [5, 5.41) is 2.89. The number of amides is 2. The van der Waals surface area contributed by atoms with Gasteiger partial charge in [0.25, 0.3) is 5.91 Å². The molecule has 6 heteroatoms. The highest BCUT2D eigenvalue weighted by molar-refractivity contribution is 5.98. The second-order valence-corrected chi connectivity index (χ2v) is 6.32. The van der Waals surface area contributed by atoms with Gasteiger partial charge in [0.05, 0.1) is 13.2 Å². The molecular formula is C19H30N2O4. The van der Waals surface area contributed by atoms with Crippen LogP contribution in [0.5, 0.6) is 0 Å². The summed E-state index contributed by atoms with van der Waals surface area (Å²) in [6, 6.07) is 6.75. The van der Waals surface area contributed by atoms with Crippen LogP contribution in [0.25, 0.3) is 0 Å². The van der Waals surface area contributed by atoms with Gasteiger partial charge in [-0.15, -0.1) is 0 Å². The van der Waals surface area contributed by atoms with E-state index in [1.807, 2.05) is 39.0 Å². The van der Waals surface area contributed by atoms with Gasteiger partial charge in [0.1, 0.15) is 6.04 Å². The second kappa shape index (κ2) is 10.8. The Balaban J connectivity index is 2.90. The summed E-state index contributed by atoms with van der Waals surface area (Å²) in [6.45, 7) is 7.52. The molecule has 1 unspecified atom stereocenters. The molecular weight excluding hydrogens is 320 g/mol. The Kier molecular flexibility index (Phi) is 9.16. The minimum absolute atomic E-state index is 0.0342. The maximum absolute atomic E-state index is 12.9. The minimum atomic E-state index is -0.596. The monoisotopic (exact) mass is 350 g/mol. The van der Waals surface area contributed by atoms with Gasteiger partial charge in [0, 0.05) is 32.9 Å². The Morgan fingerprint density at radius 3 is 2.12 bits per heavy atom. The first-order chi connectivity index (χ1) is 11.9. The predicted octanol–water partition coefficient (Wildman–Crippen LogP) is 1.87. The lowest BCUT2D eigenvalue weighted by atomic mass is 10.0. The zero-order valence-electron chi connectivity index (χ0n) is 15.9. The molecule has 0 saturated heterocycles. The highest BCUT2D eigenvalue weighted by Crippen LogP contribution is 2.11. The van der Waals surface area contributed by atoms with Crippen LogP contribution in [0.4, 0.5) is 0 Å². The van der Waals surface area contributed by atoms with Gasteiger partial charge in [-0.05, 0) is 24.5 Å². The number of carbonyl (C=O) groups is 2. The third-order valence-electron chi connectivity index (χ3n) is 4.05. The van der Waals surface area contributed by atoms with E-state index in [4.69, 9.17) is 9.47 Å². The van der Waals surface area contributed by atoms with E-state index in [1.54, 1.807) is 25.2 Å². The first kappa shape index (κ1) is 21.1. The standard InChI is InChI=1S/C19H30N2O4/c1-14(2)17(19(23)21(10-12-24-4)11-13-25-5)20-18(22)16-9-7-6-8-15(16)3/h6-9,14,17H,10-13H2,1-5H3,(H,20,22). The number of carbonyl (C=O) groups excluding carboxylic acids is 2. The van der Waals surface area contributed by atoms with Gasteiger partial charge in [-0.25, -0.2) is 0 Å². The van der Waals surface area contributed by atoms with E-state index in [1.165, 1.54) is 0 Å². The largest absolute Gasteiger partial charge is 0.383 e. The first-order valence-corrected chi connectivity index (χ1v) is 8.55. The number of hydrogen-bond acceptors (Lipinski definition) is 4. The molecule has 0 bridgehead atoms. The Bertz CT molecular complexity index is 552. The summed E-state index contributed by atoms with van der Waals surface area (Å²) in [5.41, 5.74) is 1.46. The van der Waals surface area contributed by atoms with Crippen molar-refractivity contribution in [3.8, 4) is 0 Å². The van der Waals surface area contributed by atoms with Crippen molar-refractivity contribution in [3.63, 3.8) is 0 Å². The topological polar surface area (TPSA) is 67.9 Å². The van der Waals surface area contributed by atoms with E-state index >= 15 is 0 Å². The van der Waals surface area contributed by atoms with Crippen LogP contribution in [0.1, 0.15) is 29.8 Å². The number of nitrogens with zero attached hydrogens (tertiary/aromatic N) is 1. The van der Waals surface area contributed by atoms with E-state index in [0.29, 0.717) is 31.9 Å². The summed E-state index contributed by atoms with van der Waals surface area (Å²) in [7, 11) is 3.19. The normalized spacial score (nSPS) is 12.1. The highest BCUT2D eigenvalue weighted by Gasteiger charge is 2.29. The fourth-order valence-corrected chi connectivity index (χ4v) is 2.49. The number of hydrogen-bond donors (Lipinski definition) is 1. The van der Waals surface area contributed by atoms with Crippen LogP contribution >= 0.6 is 0 Å². The molecule has 0 radical (unpaired) electrons. The second-order valence-electron chi connectivity index (χ2n) is 6.32. The lowest BCUT2D eigenvalue weighted by Gasteiger charge is -2.29. The molecule has 1 aromatic rings. The van der Waals surface area contributed by atoms with E-state index in [0.717, 1.165) is 5.56 Å². The molecule has 0 aliphatic carbocycles. The van der Waals surface area contributed by atoms with Crippen molar-refractivity contribution in [2.45, 2.75) is 26.8 Å². The Labute approximate surface area is 150 Å². The number of ether oxygens (including phenoxy) is 2. The summed E-state index contributed by atoms with van der Waals surface area (Å²) in [6.07, 6.45) is 0. The van der Waals surface area contributed by atoms with Crippen molar-refractivity contribution in [2.24, 2.45) is 5.92 Å². The van der Waals surface area contributed by atoms with Gasteiger partial charge in [-0.3, -0.25) is 9.59 Å². The van der Waals surface area contributed by atoms with Gasteiger partial charge < -0.3 is 19.7 Å². The van der Waals surface area contributed by atoms with Gasteiger partial charge in [-0.2, -0.15) is 0 Å². The van der Waals surface area contributed by atoms with Crippen LogP contribution in [0.3, 0.4) is 0 Å². The molecule has 1 atom stereocenters.